The van der Waals surface area contributed by atoms with Crippen LogP contribution < -0.4 is 10.6 Å². The molecule has 2 aromatic rings. The lowest BCUT2D eigenvalue weighted by Gasteiger charge is -2.23. The van der Waals surface area contributed by atoms with Crippen molar-refractivity contribution in [2.24, 2.45) is 0 Å². The first kappa shape index (κ1) is 20.4. The third-order valence-electron chi connectivity index (χ3n) is 4.60. The van der Waals surface area contributed by atoms with E-state index in [1.807, 2.05) is 29.8 Å². The van der Waals surface area contributed by atoms with Gasteiger partial charge in [0.05, 0.1) is 25.5 Å². The zero-order valence-corrected chi connectivity index (χ0v) is 16.1. The average Bonchev–Trinajstić information content (AvgIpc) is 2.88. The van der Waals surface area contributed by atoms with Crippen molar-refractivity contribution in [2.45, 2.75) is 39.4 Å². The van der Waals surface area contributed by atoms with Gasteiger partial charge in [0.1, 0.15) is 0 Å². The van der Waals surface area contributed by atoms with Crippen molar-refractivity contribution in [1.82, 2.24) is 20.4 Å². The van der Waals surface area contributed by atoms with Gasteiger partial charge in [0.2, 0.25) is 5.91 Å². The number of ether oxygens (including phenoxy) is 1. The van der Waals surface area contributed by atoms with Gasteiger partial charge in [-0.3, -0.25) is 9.48 Å². The van der Waals surface area contributed by atoms with E-state index in [-0.39, 0.29) is 24.4 Å². The molecule has 1 aliphatic heterocycles. The molecule has 0 spiro atoms. The fourth-order valence-corrected chi connectivity index (χ4v) is 3.13. The second-order valence-electron chi connectivity index (χ2n) is 6.50. The van der Waals surface area contributed by atoms with Crippen LogP contribution in [0.4, 0.5) is 0 Å². The van der Waals surface area contributed by atoms with Crippen molar-refractivity contribution in [3.63, 3.8) is 0 Å². The Balaban J connectivity index is 0.00000243. The van der Waals surface area contributed by atoms with E-state index in [1.165, 1.54) is 5.56 Å². The fraction of sp³-hybridized carbons (Fsp3) is 0.474. The Hall–Kier alpha value is -1.89. The Morgan fingerprint density at radius 2 is 2.12 bits per heavy atom. The van der Waals surface area contributed by atoms with Gasteiger partial charge in [-0.05, 0) is 19.4 Å². The number of rotatable bonds is 6. The molecule has 3 rings (SSSR count). The van der Waals surface area contributed by atoms with Crippen molar-refractivity contribution >= 4 is 18.3 Å². The van der Waals surface area contributed by atoms with Crippen molar-refractivity contribution in [3.05, 3.63) is 52.8 Å². The Morgan fingerprint density at radius 3 is 2.81 bits per heavy atom. The van der Waals surface area contributed by atoms with Crippen LogP contribution in [0.5, 0.6) is 0 Å². The van der Waals surface area contributed by atoms with E-state index in [0.29, 0.717) is 19.6 Å². The summed E-state index contributed by atoms with van der Waals surface area (Å²) in [6.45, 7) is 7.43. The average molecular weight is 379 g/mol. The maximum absolute atomic E-state index is 12.2. The minimum Gasteiger partial charge on any atom is -0.378 e. The van der Waals surface area contributed by atoms with E-state index in [4.69, 9.17) is 4.74 Å². The molecule has 1 amide bonds. The normalized spacial score (nSPS) is 16.8. The standard InChI is InChI=1S/C19H26N4O2.ClH/c1-14-18(11-21-19(24)10-17-13-25-9-8-20-17)15(2)23(22-14)12-16-6-4-3-5-7-16;/h3-7,17,20H,8-13H2,1-2H3,(H,21,24);1H. The molecule has 26 heavy (non-hydrogen) atoms. The van der Waals surface area contributed by atoms with Crippen molar-refractivity contribution < 1.29 is 9.53 Å². The number of nitrogens with one attached hydrogen (secondary N) is 2. The Morgan fingerprint density at radius 1 is 1.35 bits per heavy atom. The van der Waals surface area contributed by atoms with Crippen LogP contribution in [0.2, 0.25) is 0 Å². The second kappa shape index (κ2) is 9.71. The molecule has 0 aliphatic carbocycles. The van der Waals surface area contributed by atoms with Crippen molar-refractivity contribution in [1.29, 1.82) is 0 Å². The number of amides is 1. The highest BCUT2D eigenvalue weighted by molar-refractivity contribution is 5.85. The first-order valence-corrected chi connectivity index (χ1v) is 8.78. The van der Waals surface area contributed by atoms with E-state index in [9.17, 15) is 4.79 Å². The molecule has 1 aromatic carbocycles. The van der Waals surface area contributed by atoms with Crippen LogP contribution >= 0.6 is 12.4 Å². The minimum absolute atomic E-state index is 0. The number of carbonyl (C=O) groups excluding carboxylic acids is 1. The van der Waals surface area contributed by atoms with Crippen molar-refractivity contribution in [3.8, 4) is 0 Å². The SMILES string of the molecule is Cc1nn(Cc2ccccc2)c(C)c1CNC(=O)CC1COCCN1.Cl. The van der Waals surface area contributed by atoms with E-state index in [0.717, 1.165) is 36.6 Å². The molecule has 1 fully saturated rings. The minimum atomic E-state index is 0. The summed E-state index contributed by atoms with van der Waals surface area (Å²) in [7, 11) is 0. The first-order chi connectivity index (χ1) is 12.1. The van der Waals surface area contributed by atoms with Gasteiger partial charge >= 0.3 is 0 Å². The Kier molecular flexibility index (Phi) is 7.63. The van der Waals surface area contributed by atoms with Gasteiger partial charge in [-0.25, -0.2) is 0 Å². The first-order valence-electron chi connectivity index (χ1n) is 8.78. The highest BCUT2D eigenvalue weighted by atomic mass is 35.5. The van der Waals surface area contributed by atoms with Crippen LogP contribution in [0.15, 0.2) is 30.3 Å². The van der Waals surface area contributed by atoms with Gasteiger partial charge in [0.25, 0.3) is 0 Å². The summed E-state index contributed by atoms with van der Waals surface area (Å²) in [5, 5.41) is 10.9. The molecule has 2 N–H and O–H groups in total. The molecule has 0 bridgehead atoms. The molecule has 1 unspecified atom stereocenters. The zero-order chi connectivity index (χ0) is 17.6. The van der Waals surface area contributed by atoms with Gasteiger partial charge in [-0.1, -0.05) is 30.3 Å². The summed E-state index contributed by atoms with van der Waals surface area (Å²) < 4.78 is 7.39. The summed E-state index contributed by atoms with van der Waals surface area (Å²) in [6, 6.07) is 10.4. The molecule has 0 radical (unpaired) electrons. The maximum Gasteiger partial charge on any atom is 0.221 e. The molecule has 7 heteroatoms. The molecule has 1 aromatic heterocycles. The maximum atomic E-state index is 12.2. The number of benzene rings is 1. The lowest BCUT2D eigenvalue weighted by molar-refractivity contribution is -0.122. The third kappa shape index (κ3) is 5.30. The monoisotopic (exact) mass is 378 g/mol. The predicted octanol–water partition coefficient (Wildman–Crippen LogP) is 1.96. The highest BCUT2D eigenvalue weighted by Crippen LogP contribution is 2.15. The largest absolute Gasteiger partial charge is 0.378 e. The quantitative estimate of drug-likeness (QED) is 0.806. The molecule has 1 saturated heterocycles. The number of carbonyl (C=O) groups is 1. The molecule has 1 aliphatic rings. The van der Waals surface area contributed by atoms with Crippen LogP contribution in [0.3, 0.4) is 0 Å². The summed E-state index contributed by atoms with van der Waals surface area (Å²) in [5.74, 6) is 0.0395. The van der Waals surface area contributed by atoms with Gasteiger partial charge < -0.3 is 15.4 Å². The molecule has 1 atom stereocenters. The number of hydrogen-bond donors (Lipinski definition) is 2. The van der Waals surface area contributed by atoms with Crippen LogP contribution in [0.25, 0.3) is 0 Å². The van der Waals surface area contributed by atoms with Crippen LogP contribution in [0.1, 0.15) is 28.9 Å². The lowest BCUT2D eigenvalue weighted by atomic mass is 10.1. The number of aromatic nitrogens is 2. The third-order valence-corrected chi connectivity index (χ3v) is 4.60. The van der Waals surface area contributed by atoms with E-state index in [1.54, 1.807) is 0 Å². The highest BCUT2D eigenvalue weighted by Gasteiger charge is 2.18. The van der Waals surface area contributed by atoms with E-state index < -0.39 is 0 Å². The van der Waals surface area contributed by atoms with E-state index in [2.05, 4.69) is 34.8 Å². The zero-order valence-electron chi connectivity index (χ0n) is 15.3. The lowest BCUT2D eigenvalue weighted by Crippen LogP contribution is -2.44. The summed E-state index contributed by atoms with van der Waals surface area (Å²) in [6.07, 6.45) is 0.441. The molecule has 142 valence electrons. The van der Waals surface area contributed by atoms with Crippen molar-refractivity contribution in [2.75, 3.05) is 19.8 Å². The van der Waals surface area contributed by atoms with Gasteiger partial charge in [-0.15, -0.1) is 12.4 Å². The Bertz CT molecular complexity index is 712. The van der Waals surface area contributed by atoms with Gasteiger partial charge in [0.15, 0.2) is 0 Å². The number of aryl methyl sites for hydroxylation is 1. The van der Waals surface area contributed by atoms with Crippen LogP contribution in [-0.2, 0) is 22.6 Å². The number of nitrogens with zero attached hydrogens (tertiary/aromatic N) is 2. The number of morpholine rings is 1. The predicted molar refractivity (Wildman–Crippen MR) is 104 cm³/mol. The van der Waals surface area contributed by atoms with E-state index >= 15 is 0 Å². The molecule has 2 heterocycles. The summed E-state index contributed by atoms with van der Waals surface area (Å²) >= 11 is 0. The second-order valence-corrected chi connectivity index (χ2v) is 6.50. The fourth-order valence-electron chi connectivity index (χ4n) is 3.13. The van der Waals surface area contributed by atoms with Gasteiger partial charge in [-0.2, -0.15) is 5.10 Å². The molecular formula is C19H27ClN4O2. The number of halogens is 1. The van der Waals surface area contributed by atoms with Crippen LogP contribution in [-0.4, -0.2) is 41.5 Å². The Labute approximate surface area is 160 Å². The number of hydrogen-bond acceptors (Lipinski definition) is 4. The molecule has 0 saturated carbocycles. The van der Waals surface area contributed by atoms with Gasteiger partial charge in [0, 0.05) is 36.8 Å². The molecular weight excluding hydrogens is 352 g/mol. The smallest absolute Gasteiger partial charge is 0.221 e. The topological polar surface area (TPSA) is 68.2 Å². The molecule has 6 nitrogen and oxygen atoms in total. The summed E-state index contributed by atoms with van der Waals surface area (Å²) in [5.41, 5.74) is 4.37. The van der Waals surface area contributed by atoms with Crippen LogP contribution in [0, 0.1) is 13.8 Å². The summed E-state index contributed by atoms with van der Waals surface area (Å²) in [4.78, 5) is 12.2.